The molecular formula is C13H19N5O. The molecule has 0 aliphatic rings. The molecule has 0 aliphatic carbocycles. The molecule has 2 aromatic heterocycles. The second kappa shape index (κ2) is 6.72. The molecular weight excluding hydrogens is 242 g/mol. The molecule has 2 aromatic rings. The van der Waals surface area contributed by atoms with E-state index in [9.17, 15) is 4.79 Å². The van der Waals surface area contributed by atoms with Gasteiger partial charge in [-0.3, -0.25) is 14.2 Å². The topological polar surface area (TPSA) is 64.7 Å². The van der Waals surface area contributed by atoms with Gasteiger partial charge in [0.25, 0.3) is 0 Å². The molecule has 0 atom stereocenters. The lowest BCUT2D eigenvalue weighted by Gasteiger charge is -2.05. The average molecular weight is 261 g/mol. The first kappa shape index (κ1) is 13.3. The van der Waals surface area contributed by atoms with E-state index in [1.54, 1.807) is 10.9 Å². The molecule has 6 nitrogen and oxygen atoms in total. The Hall–Kier alpha value is -2.11. The van der Waals surface area contributed by atoms with E-state index in [0.717, 1.165) is 18.7 Å². The predicted molar refractivity (Wildman–Crippen MR) is 71.4 cm³/mol. The van der Waals surface area contributed by atoms with Crippen molar-refractivity contribution in [3.05, 3.63) is 36.4 Å². The Morgan fingerprint density at radius 1 is 1.32 bits per heavy atom. The third kappa shape index (κ3) is 4.57. The molecule has 0 radical (unpaired) electrons. The first-order chi connectivity index (χ1) is 9.24. The lowest BCUT2D eigenvalue weighted by molar-refractivity contribution is -0.121. The standard InChI is InChI=1S/C13H19N5O/c1-12-4-10-18(16-12)11-5-13(19)14-6-2-8-17-9-3-7-15-17/h3-4,7,9-10H,2,5-6,8,11H2,1H3,(H,14,19). The SMILES string of the molecule is Cc1ccn(CCC(=O)NCCCn2cccn2)n1. The zero-order valence-electron chi connectivity index (χ0n) is 11.1. The minimum absolute atomic E-state index is 0.0635. The summed E-state index contributed by atoms with van der Waals surface area (Å²) < 4.78 is 3.65. The van der Waals surface area contributed by atoms with E-state index in [2.05, 4.69) is 15.5 Å². The van der Waals surface area contributed by atoms with Crippen LogP contribution in [-0.4, -0.2) is 32.0 Å². The van der Waals surface area contributed by atoms with Gasteiger partial charge in [0.15, 0.2) is 0 Å². The van der Waals surface area contributed by atoms with Gasteiger partial charge < -0.3 is 5.32 Å². The molecule has 0 unspecified atom stereocenters. The summed E-state index contributed by atoms with van der Waals surface area (Å²) in [5.74, 6) is 0.0635. The molecule has 0 aliphatic heterocycles. The van der Waals surface area contributed by atoms with Gasteiger partial charge in [-0.1, -0.05) is 0 Å². The summed E-state index contributed by atoms with van der Waals surface area (Å²) in [7, 11) is 0. The van der Waals surface area contributed by atoms with Crippen molar-refractivity contribution >= 4 is 5.91 Å². The number of carbonyl (C=O) groups is 1. The first-order valence-electron chi connectivity index (χ1n) is 6.48. The van der Waals surface area contributed by atoms with Gasteiger partial charge in [-0.2, -0.15) is 10.2 Å². The highest BCUT2D eigenvalue weighted by molar-refractivity contribution is 5.75. The van der Waals surface area contributed by atoms with E-state index in [4.69, 9.17) is 0 Å². The number of aromatic nitrogens is 4. The first-order valence-corrected chi connectivity index (χ1v) is 6.48. The average Bonchev–Trinajstić information content (AvgIpc) is 3.03. The number of nitrogens with one attached hydrogen (secondary N) is 1. The maximum absolute atomic E-state index is 11.6. The number of carbonyl (C=O) groups excluding carboxylic acids is 1. The largest absolute Gasteiger partial charge is 0.356 e. The normalized spacial score (nSPS) is 10.6. The van der Waals surface area contributed by atoms with Crippen molar-refractivity contribution in [1.82, 2.24) is 24.9 Å². The summed E-state index contributed by atoms with van der Waals surface area (Å²) in [6.07, 6.45) is 6.91. The molecule has 0 saturated heterocycles. The Kier molecular flexibility index (Phi) is 4.72. The van der Waals surface area contributed by atoms with Crippen LogP contribution in [0.2, 0.25) is 0 Å². The zero-order valence-corrected chi connectivity index (χ0v) is 11.1. The lowest BCUT2D eigenvalue weighted by atomic mass is 10.3. The maximum Gasteiger partial charge on any atom is 0.221 e. The van der Waals surface area contributed by atoms with Crippen molar-refractivity contribution in [3.63, 3.8) is 0 Å². The van der Waals surface area contributed by atoms with Crippen molar-refractivity contribution in [2.45, 2.75) is 32.9 Å². The van der Waals surface area contributed by atoms with Gasteiger partial charge in [0.1, 0.15) is 0 Å². The van der Waals surface area contributed by atoms with E-state index in [-0.39, 0.29) is 5.91 Å². The highest BCUT2D eigenvalue weighted by Crippen LogP contribution is 1.95. The van der Waals surface area contributed by atoms with Crippen LogP contribution in [0, 0.1) is 6.92 Å². The number of aryl methyl sites for hydroxylation is 3. The van der Waals surface area contributed by atoms with E-state index in [1.807, 2.05) is 36.1 Å². The summed E-state index contributed by atoms with van der Waals surface area (Å²) in [6.45, 7) is 4.06. The number of nitrogens with zero attached hydrogens (tertiary/aromatic N) is 4. The van der Waals surface area contributed by atoms with Crippen molar-refractivity contribution in [3.8, 4) is 0 Å². The minimum atomic E-state index is 0.0635. The fourth-order valence-corrected chi connectivity index (χ4v) is 1.79. The van der Waals surface area contributed by atoms with Gasteiger partial charge in [0.2, 0.25) is 5.91 Å². The summed E-state index contributed by atoms with van der Waals surface area (Å²) in [5.41, 5.74) is 0.972. The van der Waals surface area contributed by atoms with Gasteiger partial charge in [0, 0.05) is 44.6 Å². The molecule has 0 saturated carbocycles. The van der Waals surface area contributed by atoms with Gasteiger partial charge in [0.05, 0.1) is 5.69 Å². The molecule has 2 heterocycles. The second-order valence-corrected chi connectivity index (χ2v) is 4.44. The Balaban J connectivity index is 1.57. The van der Waals surface area contributed by atoms with Crippen LogP contribution >= 0.6 is 0 Å². The van der Waals surface area contributed by atoms with Crippen LogP contribution in [0.4, 0.5) is 0 Å². The van der Waals surface area contributed by atoms with Crippen LogP contribution in [-0.2, 0) is 17.9 Å². The highest BCUT2D eigenvalue weighted by Gasteiger charge is 2.02. The Bertz CT molecular complexity index is 503. The molecule has 0 aromatic carbocycles. The van der Waals surface area contributed by atoms with E-state index >= 15 is 0 Å². The monoisotopic (exact) mass is 261 g/mol. The van der Waals surface area contributed by atoms with Crippen LogP contribution < -0.4 is 5.32 Å². The van der Waals surface area contributed by atoms with Crippen LogP contribution in [0.1, 0.15) is 18.5 Å². The van der Waals surface area contributed by atoms with Crippen LogP contribution in [0.25, 0.3) is 0 Å². The fourth-order valence-electron chi connectivity index (χ4n) is 1.79. The van der Waals surface area contributed by atoms with E-state index in [0.29, 0.717) is 19.5 Å². The van der Waals surface area contributed by atoms with Gasteiger partial charge >= 0.3 is 0 Å². The maximum atomic E-state index is 11.6. The molecule has 1 amide bonds. The quantitative estimate of drug-likeness (QED) is 0.756. The van der Waals surface area contributed by atoms with Crippen molar-refractivity contribution in [1.29, 1.82) is 0 Å². The molecule has 0 spiro atoms. The van der Waals surface area contributed by atoms with Gasteiger partial charge in [-0.05, 0) is 25.5 Å². The van der Waals surface area contributed by atoms with Gasteiger partial charge in [-0.25, -0.2) is 0 Å². The third-order valence-electron chi connectivity index (χ3n) is 2.79. The lowest BCUT2D eigenvalue weighted by Crippen LogP contribution is -2.26. The smallest absolute Gasteiger partial charge is 0.221 e. The summed E-state index contributed by atoms with van der Waals surface area (Å²) in [5, 5.41) is 11.2. The van der Waals surface area contributed by atoms with Gasteiger partial charge in [-0.15, -0.1) is 0 Å². The molecule has 0 bridgehead atoms. The second-order valence-electron chi connectivity index (χ2n) is 4.44. The Morgan fingerprint density at radius 2 is 2.21 bits per heavy atom. The van der Waals surface area contributed by atoms with Crippen LogP contribution in [0.5, 0.6) is 0 Å². The molecule has 0 fully saturated rings. The fraction of sp³-hybridized carbons (Fsp3) is 0.462. The molecule has 6 heteroatoms. The number of hydrogen-bond donors (Lipinski definition) is 1. The highest BCUT2D eigenvalue weighted by atomic mass is 16.1. The molecule has 1 N–H and O–H groups in total. The minimum Gasteiger partial charge on any atom is -0.356 e. The van der Waals surface area contributed by atoms with E-state index < -0.39 is 0 Å². The number of rotatable bonds is 7. The number of amides is 1. The third-order valence-corrected chi connectivity index (χ3v) is 2.79. The number of hydrogen-bond acceptors (Lipinski definition) is 3. The summed E-state index contributed by atoms with van der Waals surface area (Å²) in [6, 6.07) is 3.83. The Labute approximate surface area is 112 Å². The Morgan fingerprint density at radius 3 is 2.89 bits per heavy atom. The summed E-state index contributed by atoms with van der Waals surface area (Å²) >= 11 is 0. The van der Waals surface area contributed by atoms with E-state index in [1.165, 1.54) is 0 Å². The molecule has 102 valence electrons. The van der Waals surface area contributed by atoms with Crippen molar-refractivity contribution in [2.24, 2.45) is 0 Å². The molecule has 2 rings (SSSR count). The molecule has 19 heavy (non-hydrogen) atoms. The van der Waals surface area contributed by atoms with Crippen LogP contribution in [0.15, 0.2) is 30.7 Å². The van der Waals surface area contributed by atoms with Crippen LogP contribution in [0.3, 0.4) is 0 Å². The summed E-state index contributed by atoms with van der Waals surface area (Å²) in [4.78, 5) is 11.6. The van der Waals surface area contributed by atoms with Crippen molar-refractivity contribution in [2.75, 3.05) is 6.54 Å². The predicted octanol–water partition coefficient (Wildman–Crippen LogP) is 0.985. The van der Waals surface area contributed by atoms with Crippen molar-refractivity contribution < 1.29 is 4.79 Å². The zero-order chi connectivity index (χ0) is 13.5.